The van der Waals surface area contributed by atoms with Crippen LogP contribution in [-0.4, -0.2) is 96.4 Å². The first-order valence-electron chi connectivity index (χ1n) is 10.3. The van der Waals surface area contributed by atoms with E-state index in [9.17, 15) is 70.9 Å². The molecular formula is C19H29N3O14. The number of hydrogen-bond acceptors (Lipinski definition) is 15. The van der Waals surface area contributed by atoms with E-state index in [0.717, 1.165) is 0 Å². The molecule has 1 aromatic rings. The lowest BCUT2D eigenvalue weighted by molar-refractivity contribution is -0.506. The molecule has 17 heteroatoms. The minimum atomic E-state index is -4.16. The molecule has 0 radical (unpaired) electrons. The van der Waals surface area contributed by atoms with Crippen LogP contribution in [0.4, 0.5) is 5.69 Å². The molecule has 17 N–H and O–H groups in total. The number of phenols is 4. The van der Waals surface area contributed by atoms with Gasteiger partial charge in [0.1, 0.15) is 11.4 Å². The molecule has 1 saturated carbocycles. The molecule has 204 valence electrons. The summed E-state index contributed by atoms with van der Waals surface area (Å²) in [5.41, 5.74) is 3.31. The van der Waals surface area contributed by atoms with Crippen LogP contribution in [0.25, 0.3) is 0 Å². The maximum atomic E-state index is 12.8. The Bertz CT molecular complexity index is 983. The Morgan fingerprint density at radius 2 is 1.28 bits per heavy atom. The van der Waals surface area contributed by atoms with E-state index in [1.165, 1.54) is 0 Å². The fourth-order valence-electron chi connectivity index (χ4n) is 4.26. The number of aliphatic hydroxyl groups is 7. The Hall–Kier alpha value is -3.16. The van der Waals surface area contributed by atoms with Gasteiger partial charge in [-0.3, -0.25) is 10.5 Å². The first-order valence-corrected chi connectivity index (χ1v) is 10.3. The largest absolute Gasteiger partial charge is 0.505 e. The normalized spacial score (nSPS) is 21.0. The summed E-state index contributed by atoms with van der Waals surface area (Å²) in [6.45, 7) is 0. The number of hydrogen-bond donors (Lipinski definition) is 15. The van der Waals surface area contributed by atoms with Crippen molar-refractivity contribution in [2.75, 3.05) is 5.73 Å². The zero-order valence-corrected chi connectivity index (χ0v) is 18.5. The summed E-state index contributed by atoms with van der Waals surface area (Å²) in [7, 11) is 0. The van der Waals surface area contributed by atoms with Gasteiger partial charge in [-0.05, 0) is 25.7 Å². The topological polar surface area (TPSA) is 341 Å². The number of aromatic hydroxyl groups is 4. The monoisotopic (exact) mass is 523 g/mol. The summed E-state index contributed by atoms with van der Waals surface area (Å²) < 4.78 is 0. The Morgan fingerprint density at radius 1 is 0.806 bits per heavy atom. The number of nitrogens with one attached hydrogen (secondary N) is 1. The predicted molar refractivity (Wildman–Crippen MR) is 113 cm³/mol. The fourth-order valence-corrected chi connectivity index (χ4v) is 4.26. The third-order valence-electron chi connectivity index (χ3n) is 6.43. The van der Waals surface area contributed by atoms with Crippen LogP contribution in [0.2, 0.25) is 0 Å². The van der Waals surface area contributed by atoms with Crippen LogP contribution in [0.1, 0.15) is 31.2 Å². The van der Waals surface area contributed by atoms with E-state index in [1.54, 1.807) is 0 Å². The number of nitrogen functional groups attached to an aromatic ring is 1. The molecule has 1 fully saturated rings. The summed E-state index contributed by atoms with van der Waals surface area (Å²) in [5, 5.41) is 118. The zero-order chi connectivity index (χ0) is 28.0. The molecule has 0 bridgehead atoms. The Kier molecular flexibility index (Phi) is 7.57. The third kappa shape index (κ3) is 4.90. The Labute approximate surface area is 201 Å². The smallest absolute Gasteiger partial charge is 0.344 e. The second-order valence-corrected chi connectivity index (χ2v) is 8.81. The number of phenolic OH excluding ortho intramolecular Hbond substituents is 4. The standard InChI is InChI=1S/C19H29N3O14/c20-9-10(23)8(11(24)13(26)12(9)25)5-16(21,15(28)29)22-14(27)6-1-3-7(4-2-6)17(30,18(31,32)33)19(34,35)36/h6-7,23-26,30-36H,1-5,20-21H2,(H,22,27)(H,28,29). The highest BCUT2D eigenvalue weighted by Gasteiger charge is 2.66. The molecule has 0 aromatic heterocycles. The van der Waals surface area contributed by atoms with Crippen molar-refractivity contribution in [1.82, 2.24) is 5.32 Å². The average Bonchev–Trinajstić information content (AvgIpc) is 2.77. The number of aliphatic carboxylic acids is 1. The lowest BCUT2D eigenvalue weighted by Gasteiger charge is -2.47. The van der Waals surface area contributed by atoms with E-state index in [4.69, 9.17) is 11.5 Å². The van der Waals surface area contributed by atoms with Crippen molar-refractivity contribution in [3.63, 3.8) is 0 Å². The van der Waals surface area contributed by atoms with Crippen molar-refractivity contribution in [1.29, 1.82) is 0 Å². The Morgan fingerprint density at radius 3 is 1.69 bits per heavy atom. The van der Waals surface area contributed by atoms with Crippen LogP contribution in [0, 0.1) is 11.8 Å². The number of rotatable bonds is 8. The summed E-state index contributed by atoms with van der Waals surface area (Å²) in [4.78, 5) is 24.6. The van der Waals surface area contributed by atoms with Crippen molar-refractivity contribution in [2.24, 2.45) is 17.6 Å². The van der Waals surface area contributed by atoms with Crippen molar-refractivity contribution >= 4 is 17.6 Å². The van der Waals surface area contributed by atoms with E-state index in [-0.39, 0.29) is 12.8 Å². The molecule has 1 aromatic carbocycles. The molecule has 1 unspecified atom stereocenters. The highest BCUT2D eigenvalue weighted by Crippen LogP contribution is 2.49. The minimum absolute atomic E-state index is 0.260. The van der Waals surface area contributed by atoms with Crippen LogP contribution in [0.15, 0.2) is 0 Å². The number of amides is 1. The fraction of sp³-hybridized carbons (Fsp3) is 0.579. The van der Waals surface area contributed by atoms with Crippen LogP contribution < -0.4 is 16.8 Å². The molecule has 36 heavy (non-hydrogen) atoms. The molecule has 1 aliphatic rings. The second-order valence-electron chi connectivity index (χ2n) is 8.81. The van der Waals surface area contributed by atoms with Gasteiger partial charge in [0, 0.05) is 23.8 Å². The van der Waals surface area contributed by atoms with Crippen molar-refractivity contribution in [3.8, 4) is 23.0 Å². The molecule has 0 spiro atoms. The Balaban J connectivity index is 2.24. The number of nitrogens with two attached hydrogens (primary N) is 2. The number of carbonyl (C=O) groups is 2. The molecule has 0 aliphatic heterocycles. The number of carbonyl (C=O) groups excluding carboxylic acids is 1. The molecule has 1 aliphatic carbocycles. The van der Waals surface area contributed by atoms with Gasteiger partial charge < -0.3 is 72.3 Å². The number of carboxylic acids is 1. The lowest BCUT2D eigenvalue weighted by atomic mass is 9.70. The van der Waals surface area contributed by atoms with Gasteiger partial charge in [0.2, 0.25) is 17.3 Å². The van der Waals surface area contributed by atoms with Gasteiger partial charge >= 0.3 is 17.9 Å². The molecule has 1 atom stereocenters. The van der Waals surface area contributed by atoms with E-state index in [2.05, 4.69) is 0 Å². The number of anilines is 1. The van der Waals surface area contributed by atoms with E-state index < -0.39 is 100 Å². The highest BCUT2D eigenvalue weighted by molar-refractivity contribution is 5.88. The van der Waals surface area contributed by atoms with Crippen molar-refractivity contribution in [2.45, 2.75) is 55.3 Å². The number of benzene rings is 1. The van der Waals surface area contributed by atoms with E-state index in [1.807, 2.05) is 5.32 Å². The number of carboxylic acid groups (broad SMARTS) is 1. The molecule has 0 heterocycles. The van der Waals surface area contributed by atoms with Crippen LogP contribution in [0.5, 0.6) is 23.0 Å². The maximum absolute atomic E-state index is 12.8. The minimum Gasteiger partial charge on any atom is -0.505 e. The quantitative estimate of drug-likeness (QED) is 0.0658. The molecule has 2 rings (SSSR count). The SMILES string of the molecule is Nc1c(O)c(O)c(O)c(CC(N)(NC(=O)C2CCC(C(O)(C(O)(O)O)C(O)(O)O)CC2)C(=O)O)c1O. The molecule has 17 nitrogen and oxygen atoms in total. The van der Waals surface area contributed by atoms with E-state index in [0.29, 0.717) is 0 Å². The predicted octanol–water partition coefficient (Wildman–Crippen LogP) is -4.71. The van der Waals surface area contributed by atoms with Crippen molar-refractivity contribution < 1.29 is 70.9 Å². The van der Waals surface area contributed by atoms with Gasteiger partial charge in [-0.15, -0.1) is 0 Å². The maximum Gasteiger partial charge on any atom is 0.344 e. The van der Waals surface area contributed by atoms with Crippen LogP contribution in [-0.2, 0) is 16.0 Å². The first kappa shape index (κ1) is 29.1. The lowest BCUT2D eigenvalue weighted by Crippen LogP contribution is -2.72. The van der Waals surface area contributed by atoms with Gasteiger partial charge in [-0.2, -0.15) is 0 Å². The van der Waals surface area contributed by atoms with Crippen molar-refractivity contribution in [3.05, 3.63) is 5.56 Å². The van der Waals surface area contributed by atoms with Crippen LogP contribution >= 0.6 is 0 Å². The summed E-state index contributed by atoms with van der Waals surface area (Å²) in [6, 6.07) is 0. The van der Waals surface area contributed by atoms with Gasteiger partial charge in [-0.1, -0.05) is 0 Å². The van der Waals surface area contributed by atoms with Gasteiger partial charge in [0.05, 0.1) is 0 Å². The average molecular weight is 523 g/mol. The highest BCUT2D eigenvalue weighted by atomic mass is 16.7. The summed E-state index contributed by atoms with van der Waals surface area (Å²) in [6.07, 6.45) is -2.36. The van der Waals surface area contributed by atoms with Crippen LogP contribution in [0.3, 0.4) is 0 Å². The molecule has 0 saturated heterocycles. The second kappa shape index (κ2) is 9.37. The van der Waals surface area contributed by atoms with E-state index >= 15 is 0 Å². The summed E-state index contributed by atoms with van der Waals surface area (Å²) in [5.74, 6) is -18.2. The van der Waals surface area contributed by atoms with Gasteiger partial charge in [0.15, 0.2) is 17.2 Å². The molecular weight excluding hydrogens is 494 g/mol. The van der Waals surface area contributed by atoms with Gasteiger partial charge in [-0.25, -0.2) is 4.79 Å². The molecule has 1 amide bonds. The third-order valence-corrected chi connectivity index (χ3v) is 6.43. The first-order chi connectivity index (χ1) is 16.2. The summed E-state index contributed by atoms with van der Waals surface area (Å²) >= 11 is 0. The zero-order valence-electron chi connectivity index (χ0n) is 18.5. The van der Waals surface area contributed by atoms with Gasteiger partial charge in [0.25, 0.3) is 0 Å².